The first-order chi connectivity index (χ1) is 6.27. The van der Waals surface area contributed by atoms with E-state index in [-0.39, 0.29) is 6.04 Å². The number of fused-ring (bicyclic) bond motifs is 1. The molecule has 1 aliphatic heterocycles. The van der Waals surface area contributed by atoms with Crippen LogP contribution in [0.2, 0.25) is 0 Å². The van der Waals surface area contributed by atoms with E-state index in [1.165, 1.54) is 3.57 Å². The first-order valence-electron chi connectivity index (χ1n) is 4.45. The molecule has 0 amide bonds. The maximum Gasteiger partial charge on any atom is 0.124 e. The Bertz CT molecular complexity index is 314. The van der Waals surface area contributed by atoms with Gasteiger partial charge in [0.05, 0.1) is 6.61 Å². The van der Waals surface area contributed by atoms with Crippen molar-refractivity contribution in [3.05, 3.63) is 27.3 Å². The van der Waals surface area contributed by atoms with Gasteiger partial charge >= 0.3 is 0 Å². The maximum atomic E-state index is 6.03. The summed E-state index contributed by atoms with van der Waals surface area (Å²) in [4.78, 5) is 0. The third-order valence-electron chi connectivity index (χ3n) is 2.29. The van der Waals surface area contributed by atoms with Crippen LogP contribution in [-0.4, -0.2) is 6.61 Å². The molecule has 0 aliphatic carbocycles. The Morgan fingerprint density at radius 3 is 3.15 bits per heavy atom. The number of hydrogen-bond acceptors (Lipinski definition) is 2. The predicted molar refractivity (Wildman–Crippen MR) is 60.8 cm³/mol. The summed E-state index contributed by atoms with van der Waals surface area (Å²) in [6.07, 6.45) is 2.07. The van der Waals surface area contributed by atoms with Crippen LogP contribution in [-0.2, 0) is 0 Å². The molecule has 0 radical (unpaired) electrons. The lowest BCUT2D eigenvalue weighted by Crippen LogP contribution is -2.09. The van der Waals surface area contributed by atoms with Crippen LogP contribution in [0.25, 0.3) is 0 Å². The fraction of sp³-hybridized carbons (Fsp3) is 0.400. The summed E-state index contributed by atoms with van der Waals surface area (Å²) in [6.45, 7) is 0.793. The molecule has 0 aromatic heterocycles. The summed E-state index contributed by atoms with van der Waals surface area (Å²) >= 11 is 2.30. The largest absolute Gasteiger partial charge is 0.493 e. The highest BCUT2D eigenvalue weighted by Crippen LogP contribution is 2.30. The van der Waals surface area contributed by atoms with Crippen molar-refractivity contribution in [2.75, 3.05) is 6.61 Å². The van der Waals surface area contributed by atoms with E-state index < -0.39 is 0 Å². The van der Waals surface area contributed by atoms with Crippen LogP contribution in [0.4, 0.5) is 0 Å². The smallest absolute Gasteiger partial charge is 0.124 e. The topological polar surface area (TPSA) is 35.2 Å². The van der Waals surface area contributed by atoms with Crippen molar-refractivity contribution in [1.29, 1.82) is 0 Å². The number of nitrogens with two attached hydrogens (primary N) is 1. The van der Waals surface area contributed by atoms with Gasteiger partial charge in [0, 0.05) is 15.2 Å². The first-order valence-corrected chi connectivity index (χ1v) is 5.53. The van der Waals surface area contributed by atoms with E-state index >= 15 is 0 Å². The number of ether oxygens (including phenoxy) is 1. The molecule has 0 fully saturated rings. The van der Waals surface area contributed by atoms with Crippen LogP contribution >= 0.6 is 22.6 Å². The maximum absolute atomic E-state index is 6.03. The highest BCUT2D eigenvalue weighted by molar-refractivity contribution is 14.1. The number of rotatable bonds is 0. The normalized spacial score (nSPS) is 21.5. The third-order valence-corrected chi connectivity index (χ3v) is 2.96. The van der Waals surface area contributed by atoms with Crippen LogP contribution in [0.3, 0.4) is 0 Å². The van der Waals surface area contributed by atoms with Gasteiger partial charge in [-0.25, -0.2) is 0 Å². The second-order valence-corrected chi connectivity index (χ2v) is 4.52. The minimum atomic E-state index is 0.146. The van der Waals surface area contributed by atoms with Gasteiger partial charge in [-0.3, -0.25) is 0 Å². The Morgan fingerprint density at radius 1 is 1.46 bits per heavy atom. The quantitative estimate of drug-likeness (QED) is 0.745. The molecule has 2 rings (SSSR count). The monoisotopic (exact) mass is 289 g/mol. The van der Waals surface area contributed by atoms with Gasteiger partial charge in [0.15, 0.2) is 0 Å². The molecule has 2 nitrogen and oxygen atoms in total. The fourth-order valence-electron chi connectivity index (χ4n) is 1.58. The molecule has 0 spiro atoms. The van der Waals surface area contributed by atoms with E-state index in [9.17, 15) is 0 Å². The molecule has 0 unspecified atom stereocenters. The van der Waals surface area contributed by atoms with Gasteiger partial charge in [0.1, 0.15) is 5.75 Å². The molecule has 13 heavy (non-hydrogen) atoms. The Labute approximate surface area is 91.6 Å². The standard InChI is InChI=1S/C10H12INO/c11-7-3-4-10-8(6-7)9(12)2-1-5-13-10/h3-4,6,9H,1-2,5,12H2/t9-/m0/s1. The van der Waals surface area contributed by atoms with E-state index in [0.717, 1.165) is 30.8 Å². The third kappa shape index (κ3) is 1.96. The summed E-state index contributed by atoms with van der Waals surface area (Å²) in [5.74, 6) is 0.963. The first kappa shape index (κ1) is 9.27. The zero-order valence-corrected chi connectivity index (χ0v) is 9.45. The van der Waals surface area contributed by atoms with Crippen LogP contribution in [0.5, 0.6) is 5.75 Å². The van der Waals surface area contributed by atoms with Crippen LogP contribution in [0.15, 0.2) is 18.2 Å². The fourth-order valence-corrected chi connectivity index (χ4v) is 2.10. The lowest BCUT2D eigenvalue weighted by molar-refractivity contribution is 0.316. The summed E-state index contributed by atoms with van der Waals surface area (Å²) in [7, 11) is 0. The van der Waals surface area contributed by atoms with E-state index in [1.54, 1.807) is 0 Å². The minimum absolute atomic E-state index is 0.146. The van der Waals surface area contributed by atoms with Crippen LogP contribution < -0.4 is 10.5 Å². The summed E-state index contributed by atoms with van der Waals surface area (Å²) in [5.41, 5.74) is 7.19. The summed E-state index contributed by atoms with van der Waals surface area (Å²) in [6, 6.07) is 6.33. The zero-order chi connectivity index (χ0) is 9.26. The van der Waals surface area contributed by atoms with Crippen LogP contribution in [0.1, 0.15) is 24.4 Å². The Kier molecular flexibility index (Phi) is 2.74. The van der Waals surface area contributed by atoms with Crippen LogP contribution in [0, 0.1) is 3.57 Å². The average Bonchev–Trinajstić information content (AvgIpc) is 2.29. The molecule has 2 N–H and O–H groups in total. The minimum Gasteiger partial charge on any atom is -0.493 e. The van der Waals surface area contributed by atoms with Gasteiger partial charge in [-0.2, -0.15) is 0 Å². The van der Waals surface area contributed by atoms with E-state index in [2.05, 4.69) is 34.7 Å². The van der Waals surface area contributed by atoms with E-state index in [4.69, 9.17) is 10.5 Å². The van der Waals surface area contributed by atoms with Crippen molar-refractivity contribution in [2.24, 2.45) is 5.73 Å². The summed E-state index contributed by atoms with van der Waals surface area (Å²) in [5, 5.41) is 0. The molecule has 3 heteroatoms. The predicted octanol–water partition coefficient (Wildman–Crippen LogP) is 2.46. The molecule has 70 valence electrons. The highest BCUT2D eigenvalue weighted by Gasteiger charge is 2.15. The molecule has 0 bridgehead atoms. The van der Waals surface area contributed by atoms with Crippen molar-refractivity contribution in [3.63, 3.8) is 0 Å². The van der Waals surface area contributed by atoms with E-state index in [0.29, 0.717) is 0 Å². The Hall–Kier alpha value is -0.290. The van der Waals surface area contributed by atoms with Gasteiger partial charge in [0.25, 0.3) is 0 Å². The molecule has 1 atom stereocenters. The number of halogens is 1. The second-order valence-electron chi connectivity index (χ2n) is 3.28. The highest BCUT2D eigenvalue weighted by atomic mass is 127. The van der Waals surface area contributed by atoms with E-state index in [1.807, 2.05) is 6.07 Å². The Balaban J connectivity index is 2.43. The van der Waals surface area contributed by atoms with Gasteiger partial charge < -0.3 is 10.5 Å². The van der Waals surface area contributed by atoms with Gasteiger partial charge in [0.2, 0.25) is 0 Å². The molecule has 1 aromatic carbocycles. The molecule has 1 aromatic rings. The number of hydrogen-bond donors (Lipinski definition) is 1. The van der Waals surface area contributed by atoms with Crippen molar-refractivity contribution in [2.45, 2.75) is 18.9 Å². The molecular weight excluding hydrogens is 277 g/mol. The lowest BCUT2D eigenvalue weighted by atomic mass is 10.0. The molecular formula is C10H12INO. The van der Waals surface area contributed by atoms with Gasteiger partial charge in [-0.1, -0.05) is 0 Å². The molecule has 1 aliphatic rings. The number of benzene rings is 1. The van der Waals surface area contributed by atoms with Crippen molar-refractivity contribution in [1.82, 2.24) is 0 Å². The van der Waals surface area contributed by atoms with Gasteiger partial charge in [-0.05, 0) is 53.6 Å². The molecule has 0 saturated carbocycles. The SMILES string of the molecule is N[C@H]1CCCOc2ccc(I)cc21. The molecule has 1 heterocycles. The zero-order valence-electron chi connectivity index (χ0n) is 7.29. The second kappa shape index (κ2) is 3.84. The lowest BCUT2D eigenvalue weighted by Gasteiger charge is -2.11. The van der Waals surface area contributed by atoms with Crippen molar-refractivity contribution >= 4 is 22.6 Å². The van der Waals surface area contributed by atoms with Crippen molar-refractivity contribution in [3.8, 4) is 5.75 Å². The Morgan fingerprint density at radius 2 is 2.31 bits per heavy atom. The van der Waals surface area contributed by atoms with Gasteiger partial charge in [-0.15, -0.1) is 0 Å². The molecule has 0 saturated heterocycles. The summed E-state index contributed by atoms with van der Waals surface area (Å²) < 4.78 is 6.81. The average molecular weight is 289 g/mol. The van der Waals surface area contributed by atoms with Crippen molar-refractivity contribution < 1.29 is 4.74 Å².